The molecule has 0 saturated heterocycles. The van der Waals surface area contributed by atoms with E-state index in [0.717, 1.165) is 42.3 Å². The second-order valence-electron chi connectivity index (χ2n) is 7.39. The zero-order valence-electron chi connectivity index (χ0n) is 17.9. The molecule has 30 heavy (non-hydrogen) atoms. The third kappa shape index (κ3) is 7.19. The van der Waals surface area contributed by atoms with Crippen molar-refractivity contribution in [2.24, 2.45) is 4.99 Å². The highest BCUT2D eigenvalue weighted by Gasteiger charge is 2.14. The Kier molecular flexibility index (Phi) is 9.42. The van der Waals surface area contributed by atoms with Gasteiger partial charge >= 0.3 is 0 Å². The van der Waals surface area contributed by atoms with Gasteiger partial charge in [0.25, 0.3) is 0 Å². The number of aryl methyl sites for hydroxylation is 3. The van der Waals surface area contributed by atoms with Gasteiger partial charge in [-0.15, -0.1) is 24.0 Å². The van der Waals surface area contributed by atoms with E-state index in [2.05, 4.69) is 53.0 Å². The molecular weight excluding hydrogens is 491 g/mol. The van der Waals surface area contributed by atoms with Crippen LogP contribution in [0.5, 0.6) is 5.75 Å². The average Bonchev–Trinajstić information content (AvgIpc) is 2.69. The van der Waals surface area contributed by atoms with E-state index in [1.54, 1.807) is 7.05 Å². The second kappa shape index (κ2) is 11.8. The van der Waals surface area contributed by atoms with Crippen LogP contribution in [0.4, 0.5) is 5.69 Å². The first kappa shape index (κ1) is 24.0. The number of carbonyl (C=O) groups is 1. The number of aliphatic imine (C=N–C) groups is 1. The lowest BCUT2D eigenvalue weighted by atomic mass is 10.0. The van der Waals surface area contributed by atoms with Gasteiger partial charge in [-0.25, -0.2) is 0 Å². The second-order valence-corrected chi connectivity index (χ2v) is 7.39. The van der Waals surface area contributed by atoms with E-state index in [1.165, 1.54) is 16.7 Å². The van der Waals surface area contributed by atoms with Crippen molar-refractivity contribution in [1.29, 1.82) is 0 Å². The van der Waals surface area contributed by atoms with E-state index >= 15 is 0 Å². The predicted octanol–water partition coefficient (Wildman–Crippen LogP) is 3.59. The number of anilines is 1. The number of guanidine groups is 1. The van der Waals surface area contributed by atoms with Gasteiger partial charge in [0.15, 0.2) is 5.96 Å². The number of carbonyl (C=O) groups excluding carboxylic acids is 1. The highest BCUT2D eigenvalue weighted by molar-refractivity contribution is 14.0. The zero-order valence-corrected chi connectivity index (χ0v) is 20.2. The van der Waals surface area contributed by atoms with E-state index in [1.807, 2.05) is 18.2 Å². The monoisotopic (exact) mass is 522 g/mol. The van der Waals surface area contributed by atoms with E-state index in [9.17, 15) is 4.79 Å². The standard InChI is InChI=1S/C23H30N4O2.HI/c1-16-12-17(2)14-18(13-16)8-9-25-23(24-3)26-10-11-29-20-5-6-21-19(15-20)4-7-22(28)27-21;/h5-6,12-15H,4,7-11H2,1-3H3,(H,27,28)(H2,24,25,26);1H. The first-order chi connectivity index (χ1) is 14.0. The highest BCUT2D eigenvalue weighted by Crippen LogP contribution is 2.26. The minimum Gasteiger partial charge on any atom is -0.492 e. The number of amides is 1. The Morgan fingerprint density at radius 3 is 2.53 bits per heavy atom. The summed E-state index contributed by atoms with van der Waals surface area (Å²) in [7, 11) is 1.77. The van der Waals surface area contributed by atoms with Crippen molar-refractivity contribution in [3.8, 4) is 5.75 Å². The number of ether oxygens (including phenoxy) is 1. The molecule has 0 bridgehead atoms. The topological polar surface area (TPSA) is 74.8 Å². The molecule has 0 saturated carbocycles. The maximum absolute atomic E-state index is 11.4. The number of halogens is 1. The van der Waals surface area contributed by atoms with E-state index in [0.29, 0.717) is 19.6 Å². The van der Waals surface area contributed by atoms with Crippen LogP contribution in [0.2, 0.25) is 0 Å². The molecule has 0 aromatic heterocycles. The number of hydrogen-bond acceptors (Lipinski definition) is 3. The number of fused-ring (bicyclic) bond motifs is 1. The molecule has 3 rings (SSSR count). The van der Waals surface area contributed by atoms with Gasteiger partial charge in [0.2, 0.25) is 5.91 Å². The first-order valence-electron chi connectivity index (χ1n) is 10.1. The van der Waals surface area contributed by atoms with Crippen LogP contribution in [0.3, 0.4) is 0 Å². The van der Waals surface area contributed by atoms with Crippen molar-refractivity contribution in [2.75, 3.05) is 32.1 Å². The van der Waals surface area contributed by atoms with Crippen LogP contribution in [0.15, 0.2) is 41.4 Å². The first-order valence-corrected chi connectivity index (χ1v) is 10.1. The average molecular weight is 522 g/mol. The summed E-state index contributed by atoms with van der Waals surface area (Å²) in [5, 5.41) is 9.50. The molecule has 1 heterocycles. The molecule has 0 radical (unpaired) electrons. The fourth-order valence-electron chi connectivity index (χ4n) is 3.55. The van der Waals surface area contributed by atoms with Gasteiger partial charge < -0.3 is 20.7 Å². The number of nitrogens with zero attached hydrogens (tertiary/aromatic N) is 1. The van der Waals surface area contributed by atoms with Crippen LogP contribution >= 0.6 is 24.0 Å². The molecule has 3 N–H and O–H groups in total. The van der Waals surface area contributed by atoms with Gasteiger partial charge in [0.1, 0.15) is 12.4 Å². The van der Waals surface area contributed by atoms with Gasteiger partial charge in [-0.05, 0) is 56.0 Å². The van der Waals surface area contributed by atoms with Crippen molar-refractivity contribution in [2.45, 2.75) is 33.1 Å². The summed E-state index contributed by atoms with van der Waals surface area (Å²) in [6, 6.07) is 12.4. The third-order valence-electron chi connectivity index (χ3n) is 4.85. The number of nitrogens with one attached hydrogen (secondary N) is 3. The largest absolute Gasteiger partial charge is 0.492 e. The van der Waals surface area contributed by atoms with Crippen molar-refractivity contribution in [1.82, 2.24) is 10.6 Å². The van der Waals surface area contributed by atoms with Gasteiger partial charge in [0.05, 0.1) is 6.54 Å². The summed E-state index contributed by atoms with van der Waals surface area (Å²) in [4.78, 5) is 15.7. The molecular formula is C23H31IN4O2. The molecule has 0 atom stereocenters. The number of rotatable bonds is 7. The molecule has 0 fully saturated rings. The number of benzene rings is 2. The molecule has 7 heteroatoms. The summed E-state index contributed by atoms with van der Waals surface area (Å²) in [5.74, 6) is 1.66. The smallest absolute Gasteiger partial charge is 0.224 e. The Morgan fingerprint density at radius 1 is 1.07 bits per heavy atom. The maximum Gasteiger partial charge on any atom is 0.224 e. The Hall–Kier alpha value is -2.29. The zero-order chi connectivity index (χ0) is 20.6. The summed E-state index contributed by atoms with van der Waals surface area (Å²) < 4.78 is 5.84. The van der Waals surface area contributed by atoms with E-state index < -0.39 is 0 Å². The minimum absolute atomic E-state index is 0. The molecule has 2 aromatic rings. The SMILES string of the molecule is CN=C(NCCOc1ccc2c(c1)CCC(=O)N2)NCCc1cc(C)cc(C)c1.I. The fraction of sp³-hybridized carbons (Fsp3) is 0.391. The summed E-state index contributed by atoms with van der Waals surface area (Å²) in [6.07, 6.45) is 2.24. The van der Waals surface area contributed by atoms with Gasteiger partial charge in [-0.2, -0.15) is 0 Å². The molecule has 0 aliphatic carbocycles. The normalized spacial score (nSPS) is 13.0. The molecule has 162 valence electrons. The molecule has 1 aliphatic rings. The van der Waals surface area contributed by atoms with Crippen LogP contribution in [-0.4, -0.2) is 38.6 Å². The van der Waals surface area contributed by atoms with Crippen molar-refractivity contribution < 1.29 is 9.53 Å². The molecule has 0 unspecified atom stereocenters. The van der Waals surface area contributed by atoms with Crippen LogP contribution in [-0.2, 0) is 17.6 Å². The van der Waals surface area contributed by atoms with Crippen molar-refractivity contribution >= 4 is 41.5 Å². The van der Waals surface area contributed by atoms with Crippen LogP contribution in [0.25, 0.3) is 0 Å². The molecule has 2 aromatic carbocycles. The highest BCUT2D eigenvalue weighted by atomic mass is 127. The third-order valence-corrected chi connectivity index (χ3v) is 4.85. The lowest BCUT2D eigenvalue weighted by Gasteiger charge is -2.18. The minimum atomic E-state index is 0. The Morgan fingerprint density at radius 2 is 1.80 bits per heavy atom. The Labute approximate surface area is 195 Å². The molecule has 1 aliphatic heterocycles. The Bertz CT molecular complexity index is 879. The van der Waals surface area contributed by atoms with Crippen LogP contribution in [0, 0.1) is 13.8 Å². The summed E-state index contributed by atoms with van der Waals surface area (Å²) in [5.41, 5.74) is 5.94. The van der Waals surface area contributed by atoms with Crippen LogP contribution < -0.4 is 20.7 Å². The Balaban J connectivity index is 0.00000320. The summed E-state index contributed by atoms with van der Waals surface area (Å²) >= 11 is 0. The summed E-state index contributed by atoms with van der Waals surface area (Å²) in [6.45, 7) is 6.26. The van der Waals surface area contributed by atoms with E-state index in [-0.39, 0.29) is 29.9 Å². The van der Waals surface area contributed by atoms with Crippen LogP contribution in [0.1, 0.15) is 28.7 Å². The van der Waals surface area contributed by atoms with Gasteiger partial charge in [0, 0.05) is 25.7 Å². The molecule has 1 amide bonds. The lowest BCUT2D eigenvalue weighted by Crippen LogP contribution is -2.40. The lowest BCUT2D eigenvalue weighted by molar-refractivity contribution is -0.116. The molecule has 6 nitrogen and oxygen atoms in total. The number of hydrogen-bond donors (Lipinski definition) is 3. The van der Waals surface area contributed by atoms with Gasteiger partial charge in [-0.3, -0.25) is 9.79 Å². The fourth-order valence-corrected chi connectivity index (χ4v) is 3.55. The van der Waals surface area contributed by atoms with Gasteiger partial charge in [-0.1, -0.05) is 29.3 Å². The molecule has 0 spiro atoms. The van der Waals surface area contributed by atoms with Crippen molar-refractivity contribution in [3.05, 3.63) is 58.7 Å². The maximum atomic E-state index is 11.4. The van der Waals surface area contributed by atoms with E-state index in [4.69, 9.17) is 4.74 Å². The van der Waals surface area contributed by atoms with Crippen molar-refractivity contribution in [3.63, 3.8) is 0 Å². The predicted molar refractivity (Wildman–Crippen MR) is 133 cm³/mol. The quantitative estimate of drug-likeness (QED) is 0.225.